The van der Waals surface area contributed by atoms with Gasteiger partial charge in [-0.3, -0.25) is 0 Å². The maximum absolute atomic E-state index is 2.55. The van der Waals surface area contributed by atoms with E-state index < -0.39 is 0 Å². The smallest absolute Gasteiger partial charge is 0.0546 e. The van der Waals surface area contributed by atoms with Crippen molar-refractivity contribution in [2.45, 2.75) is 19.3 Å². The van der Waals surface area contributed by atoms with Gasteiger partial charge in [0.05, 0.1) is 11.4 Å². The van der Waals surface area contributed by atoms with Crippen LogP contribution < -0.4 is 4.90 Å². The van der Waals surface area contributed by atoms with Gasteiger partial charge in [-0.05, 0) is 124 Å². The molecule has 0 fully saturated rings. The molecule has 302 valence electrons. The number of hydrogen-bond donors (Lipinski definition) is 0. The molecule has 0 N–H and O–H groups in total. The van der Waals surface area contributed by atoms with E-state index in [-0.39, 0.29) is 5.41 Å². The SMILES string of the molecule is CC1(C)c2ccccc2-c2ccc(N(c3ccccc3-c3ccc4ccccc4c3)c3cccc(-c4ccccc4-c4ccccc4)c3-c3cc4ccccc4c4ccccc34)cc21. The summed E-state index contributed by atoms with van der Waals surface area (Å²) in [5, 5.41) is 7.39. The van der Waals surface area contributed by atoms with Crippen LogP contribution in [0.5, 0.6) is 0 Å². The monoisotopic (exact) mass is 815 g/mol. The predicted molar refractivity (Wildman–Crippen MR) is 273 cm³/mol. The number of para-hydroxylation sites is 1. The van der Waals surface area contributed by atoms with Crippen LogP contribution in [0.25, 0.3) is 88.0 Å². The van der Waals surface area contributed by atoms with Crippen molar-refractivity contribution >= 4 is 49.4 Å². The van der Waals surface area contributed by atoms with Crippen molar-refractivity contribution in [3.05, 3.63) is 248 Å². The third-order valence-corrected chi connectivity index (χ3v) is 13.7. The third kappa shape index (κ3) is 6.08. The van der Waals surface area contributed by atoms with Gasteiger partial charge in [-0.2, -0.15) is 0 Å². The number of nitrogens with zero attached hydrogens (tertiary/aromatic N) is 1. The van der Waals surface area contributed by atoms with Crippen LogP contribution in [0.4, 0.5) is 17.1 Å². The standard InChI is InChI=1S/C63H45N/c1-63(2)58-32-16-14-30-54(58)55-38-37-47(41-59(55)63)64(60-33-17-15-26-50(60)46-36-35-42-19-6-7-22-44(42)39-46)61-34-18-31-56(52-28-11-10-24-48(52)43-20-4-3-5-21-43)62(61)57-40-45-23-8-9-25-49(45)51-27-12-13-29-53(51)57/h3-41H,1-2H3. The van der Waals surface area contributed by atoms with Gasteiger partial charge in [0.25, 0.3) is 0 Å². The zero-order valence-electron chi connectivity index (χ0n) is 36.0. The van der Waals surface area contributed by atoms with E-state index in [4.69, 9.17) is 0 Å². The Morgan fingerprint density at radius 2 is 0.891 bits per heavy atom. The molecule has 1 heteroatoms. The van der Waals surface area contributed by atoms with Gasteiger partial charge in [0.2, 0.25) is 0 Å². The fourth-order valence-electron chi connectivity index (χ4n) is 10.6. The van der Waals surface area contributed by atoms with E-state index in [1.54, 1.807) is 0 Å². The van der Waals surface area contributed by atoms with Gasteiger partial charge in [0.1, 0.15) is 0 Å². The van der Waals surface area contributed by atoms with Crippen LogP contribution in [0.15, 0.2) is 237 Å². The summed E-state index contributed by atoms with van der Waals surface area (Å²) < 4.78 is 0. The predicted octanol–water partition coefficient (Wildman–Crippen LogP) is 17.6. The molecule has 11 aromatic carbocycles. The molecule has 0 aliphatic heterocycles. The first kappa shape index (κ1) is 37.7. The minimum absolute atomic E-state index is 0.181. The fraction of sp³-hybridized carbons (Fsp3) is 0.0476. The first-order chi connectivity index (χ1) is 31.5. The van der Waals surface area contributed by atoms with E-state index in [0.29, 0.717) is 0 Å². The molecule has 64 heavy (non-hydrogen) atoms. The Labute approximate surface area is 375 Å². The molecule has 0 heterocycles. The molecule has 0 saturated heterocycles. The molecule has 1 aliphatic rings. The molecule has 0 atom stereocenters. The number of rotatable bonds is 7. The summed E-state index contributed by atoms with van der Waals surface area (Å²) in [5.74, 6) is 0. The van der Waals surface area contributed by atoms with Crippen molar-refractivity contribution in [3.63, 3.8) is 0 Å². The van der Waals surface area contributed by atoms with Gasteiger partial charge < -0.3 is 4.90 Å². The normalized spacial score (nSPS) is 12.7. The second-order valence-electron chi connectivity index (χ2n) is 17.6. The number of hydrogen-bond acceptors (Lipinski definition) is 1. The highest BCUT2D eigenvalue weighted by atomic mass is 15.1. The molecule has 1 nitrogen and oxygen atoms in total. The van der Waals surface area contributed by atoms with Crippen molar-refractivity contribution in [1.82, 2.24) is 0 Å². The van der Waals surface area contributed by atoms with Crippen molar-refractivity contribution in [2.24, 2.45) is 0 Å². The lowest BCUT2D eigenvalue weighted by molar-refractivity contribution is 0.660. The van der Waals surface area contributed by atoms with E-state index in [2.05, 4.69) is 255 Å². The van der Waals surface area contributed by atoms with Crippen LogP contribution in [-0.4, -0.2) is 0 Å². The van der Waals surface area contributed by atoms with E-state index in [9.17, 15) is 0 Å². The maximum atomic E-state index is 2.55. The average Bonchev–Trinajstić information content (AvgIpc) is 3.59. The third-order valence-electron chi connectivity index (χ3n) is 13.7. The molecule has 0 saturated carbocycles. The average molecular weight is 816 g/mol. The van der Waals surface area contributed by atoms with Gasteiger partial charge in [-0.15, -0.1) is 0 Å². The topological polar surface area (TPSA) is 3.24 Å². The van der Waals surface area contributed by atoms with Crippen LogP contribution >= 0.6 is 0 Å². The van der Waals surface area contributed by atoms with Crippen LogP contribution in [0.1, 0.15) is 25.0 Å². The van der Waals surface area contributed by atoms with E-state index >= 15 is 0 Å². The lowest BCUT2D eigenvalue weighted by atomic mass is 9.82. The molecular formula is C63H45N. The van der Waals surface area contributed by atoms with Crippen LogP contribution in [-0.2, 0) is 5.41 Å². The lowest BCUT2D eigenvalue weighted by Gasteiger charge is -2.32. The molecule has 0 aromatic heterocycles. The molecular weight excluding hydrogens is 771 g/mol. The molecule has 0 spiro atoms. The zero-order valence-corrected chi connectivity index (χ0v) is 36.0. The summed E-state index contributed by atoms with van der Waals surface area (Å²) in [7, 11) is 0. The molecule has 0 unspecified atom stereocenters. The first-order valence-electron chi connectivity index (χ1n) is 22.3. The second-order valence-corrected chi connectivity index (χ2v) is 17.6. The zero-order chi connectivity index (χ0) is 42.8. The highest BCUT2D eigenvalue weighted by molar-refractivity contribution is 6.17. The minimum Gasteiger partial charge on any atom is -0.309 e. The van der Waals surface area contributed by atoms with Gasteiger partial charge in [0, 0.05) is 22.2 Å². The van der Waals surface area contributed by atoms with E-state index in [1.165, 1.54) is 99.1 Å². The van der Waals surface area contributed by atoms with Crippen LogP contribution in [0, 0.1) is 0 Å². The summed E-state index contributed by atoms with van der Waals surface area (Å²) in [6.07, 6.45) is 0. The fourth-order valence-corrected chi connectivity index (χ4v) is 10.6. The molecule has 12 rings (SSSR count). The molecule has 0 amide bonds. The Morgan fingerprint density at radius 1 is 0.297 bits per heavy atom. The Morgan fingerprint density at radius 3 is 1.72 bits per heavy atom. The largest absolute Gasteiger partial charge is 0.309 e. The maximum Gasteiger partial charge on any atom is 0.0546 e. The van der Waals surface area contributed by atoms with Crippen molar-refractivity contribution in [3.8, 4) is 55.6 Å². The number of benzene rings is 11. The van der Waals surface area contributed by atoms with Gasteiger partial charge >= 0.3 is 0 Å². The highest BCUT2D eigenvalue weighted by Crippen LogP contribution is 2.54. The van der Waals surface area contributed by atoms with Crippen LogP contribution in [0.3, 0.4) is 0 Å². The molecule has 11 aromatic rings. The second kappa shape index (κ2) is 15.1. The van der Waals surface area contributed by atoms with Gasteiger partial charge in [0.15, 0.2) is 0 Å². The van der Waals surface area contributed by atoms with Crippen molar-refractivity contribution < 1.29 is 0 Å². The summed E-state index contributed by atoms with van der Waals surface area (Å²) in [6.45, 7) is 4.76. The molecule has 0 radical (unpaired) electrons. The first-order valence-corrected chi connectivity index (χ1v) is 22.3. The number of anilines is 3. The van der Waals surface area contributed by atoms with Crippen LogP contribution in [0.2, 0.25) is 0 Å². The summed E-state index contributed by atoms with van der Waals surface area (Å²) in [4.78, 5) is 2.55. The Balaban J connectivity index is 1.21. The number of fused-ring (bicyclic) bond motifs is 7. The Hall–Kier alpha value is -8.00. The Bertz CT molecular complexity index is 3600. The Kier molecular flexibility index (Phi) is 8.91. The summed E-state index contributed by atoms with van der Waals surface area (Å²) >= 11 is 0. The van der Waals surface area contributed by atoms with E-state index in [1.807, 2.05) is 0 Å². The van der Waals surface area contributed by atoms with Crippen molar-refractivity contribution in [2.75, 3.05) is 4.90 Å². The molecule has 0 bridgehead atoms. The van der Waals surface area contributed by atoms with E-state index in [0.717, 1.165) is 17.1 Å². The highest BCUT2D eigenvalue weighted by Gasteiger charge is 2.36. The quantitative estimate of drug-likeness (QED) is 0.145. The van der Waals surface area contributed by atoms with Gasteiger partial charge in [-0.1, -0.05) is 214 Å². The lowest BCUT2D eigenvalue weighted by Crippen LogP contribution is -2.17. The summed E-state index contributed by atoms with van der Waals surface area (Å²) in [5.41, 5.74) is 18.0. The molecule has 1 aliphatic carbocycles. The summed E-state index contributed by atoms with van der Waals surface area (Å²) in [6, 6.07) is 87.6. The van der Waals surface area contributed by atoms with Gasteiger partial charge in [-0.25, -0.2) is 0 Å². The van der Waals surface area contributed by atoms with Crippen molar-refractivity contribution in [1.29, 1.82) is 0 Å². The minimum atomic E-state index is -0.181.